The van der Waals surface area contributed by atoms with Crippen LogP contribution in [0.3, 0.4) is 0 Å². The third kappa shape index (κ3) is 2.89. The standard InChI is InChI=1S/C22H23N/c1-2-16-12-13-18(20-11-7-6-10-19(16)20)15-23-22-14-21(22)17-8-4-3-5-9-17/h3-13,21-23H,2,14-15H2,1H3. The van der Waals surface area contributed by atoms with Gasteiger partial charge in [-0.25, -0.2) is 0 Å². The summed E-state index contributed by atoms with van der Waals surface area (Å²) in [5.74, 6) is 0.692. The molecule has 1 aliphatic rings. The molecule has 0 aliphatic heterocycles. The van der Waals surface area contributed by atoms with E-state index in [4.69, 9.17) is 0 Å². The highest BCUT2D eigenvalue weighted by molar-refractivity contribution is 5.88. The molecule has 1 nitrogen and oxygen atoms in total. The molecule has 1 saturated carbocycles. The lowest BCUT2D eigenvalue weighted by molar-refractivity contribution is 0.675. The van der Waals surface area contributed by atoms with Gasteiger partial charge in [-0.3, -0.25) is 0 Å². The highest BCUT2D eigenvalue weighted by Gasteiger charge is 2.37. The fourth-order valence-electron chi connectivity index (χ4n) is 3.62. The summed E-state index contributed by atoms with van der Waals surface area (Å²) in [6.07, 6.45) is 2.35. The lowest BCUT2D eigenvalue weighted by Gasteiger charge is -2.11. The molecule has 3 aromatic rings. The number of nitrogens with one attached hydrogen (secondary N) is 1. The van der Waals surface area contributed by atoms with Crippen LogP contribution in [0.1, 0.15) is 36.0 Å². The van der Waals surface area contributed by atoms with Gasteiger partial charge in [-0.1, -0.05) is 73.7 Å². The van der Waals surface area contributed by atoms with Crippen LogP contribution in [-0.4, -0.2) is 6.04 Å². The predicted octanol–water partition coefficient (Wildman–Crippen LogP) is 5.05. The van der Waals surface area contributed by atoms with Gasteiger partial charge in [0.25, 0.3) is 0 Å². The summed E-state index contributed by atoms with van der Waals surface area (Å²) in [6.45, 7) is 3.19. The van der Waals surface area contributed by atoms with E-state index in [0.717, 1.165) is 13.0 Å². The largest absolute Gasteiger partial charge is 0.309 e. The summed E-state index contributed by atoms with van der Waals surface area (Å²) in [5.41, 5.74) is 4.32. The van der Waals surface area contributed by atoms with Crippen LogP contribution in [0.15, 0.2) is 66.7 Å². The van der Waals surface area contributed by atoms with Gasteiger partial charge in [-0.2, -0.15) is 0 Å². The fraction of sp³-hybridized carbons (Fsp3) is 0.273. The molecule has 0 spiro atoms. The highest BCUT2D eigenvalue weighted by Crippen LogP contribution is 2.40. The van der Waals surface area contributed by atoms with E-state index in [9.17, 15) is 0 Å². The smallest absolute Gasteiger partial charge is 0.0214 e. The van der Waals surface area contributed by atoms with E-state index in [2.05, 4.69) is 79.0 Å². The second-order valence-corrected chi connectivity index (χ2v) is 6.52. The van der Waals surface area contributed by atoms with E-state index in [0.29, 0.717) is 12.0 Å². The number of rotatable bonds is 5. The monoisotopic (exact) mass is 301 g/mol. The molecule has 0 amide bonds. The van der Waals surface area contributed by atoms with Crippen LogP contribution in [-0.2, 0) is 13.0 Å². The van der Waals surface area contributed by atoms with Crippen molar-refractivity contribution < 1.29 is 0 Å². The van der Waals surface area contributed by atoms with Gasteiger partial charge in [-0.15, -0.1) is 0 Å². The van der Waals surface area contributed by atoms with Crippen LogP contribution in [0.25, 0.3) is 10.8 Å². The minimum absolute atomic E-state index is 0.627. The van der Waals surface area contributed by atoms with Gasteiger partial charge in [-0.05, 0) is 40.3 Å². The zero-order valence-electron chi connectivity index (χ0n) is 13.6. The van der Waals surface area contributed by atoms with Crippen LogP contribution >= 0.6 is 0 Å². The Balaban J connectivity index is 1.49. The Morgan fingerprint density at radius 2 is 1.48 bits per heavy atom. The molecule has 0 aromatic heterocycles. The summed E-state index contributed by atoms with van der Waals surface area (Å²) in [4.78, 5) is 0. The molecule has 1 N–H and O–H groups in total. The SMILES string of the molecule is CCc1ccc(CNC2CC2c2ccccc2)c2ccccc12. The topological polar surface area (TPSA) is 12.0 Å². The summed E-state index contributed by atoms with van der Waals surface area (Å²) < 4.78 is 0. The van der Waals surface area contributed by atoms with Crippen molar-refractivity contribution in [2.24, 2.45) is 0 Å². The fourth-order valence-corrected chi connectivity index (χ4v) is 3.62. The van der Waals surface area contributed by atoms with Crippen molar-refractivity contribution in [1.82, 2.24) is 5.32 Å². The van der Waals surface area contributed by atoms with Crippen molar-refractivity contribution in [2.75, 3.05) is 0 Å². The summed E-state index contributed by atoms with van der Waals surface area (Å²) in [7, 11) is 0. The van der Waals surface area contributed by atoms with Crippen LogP contribution in [0.5, 0.6) is 0 Å². The molecule has 2 unspecified atom stereocenters. The Kier molecular flexibility index (Phi) is 3.88. The first-order chi connectivity index (χ1) is 11.4. The molecule has 3 aromatic carbocycles. The molecule has 0 heterocycles. The van der Waals surface area contributed by atoms with Crippen molar-refractivity contribution in [3.63, 3.8) is 0 Å². The first-order valence-corrected chi connectivity index (χ1v) is 8.64. The zero-order chi connectivity index (χ0) is 15.6. The minimum Gasteiger partial charge on any atom is -0.309 e. The van der Waals surface area contributed by atoms with Crippen molar-refractivity contribution in [3.8, 4) is 0 Å². The Hall–Kier alpha value is -2.12. The second-order valence-electron chi connectivity index (χ2n) is 6.52. The summed E-state index contributed by atoms with van der Waals surface area (Å²) >= 11 is 0. The average molecular weight is 301 g/mol. The number of fused-ring (bicyclic) bond motifs is 1. The predicted molar refractivity (Wildman–Crippen MR) is 97.8 cm³/mol. The van der Waals surface area contributed by atoms with Gasteiger partial charge in [0.1, 0.15) is 0 Å². The van der Waals surface area contributed by atoms with Crippen LogP contribution < -0.4 is 5.32 Å². The number of benzene rings is 3. The molecule has 2 atom stereocenters. The van der Waals surface area contributed by atoms with E-state index >= 15 is 0 Å². The third-order valence-corrected chi connectivity index (χ3v) is 5.06. The molecule has 1 aliphatic carbocycles. The van der Waals surface area contributed by atoms with Gasteiger partial charge in [0.05, 0.1) is 0 Å². The highest BCUT2D eigenvalue weighted by atomic mass is 15.0. The number of aryl methyl sites for hydroxylation is 1. The van der Waals surface area contributed by atoms with E-state index in [1.54, 1.807) is 0 Å². The maximum Gasteiger partial charge on any atom is 0.0214 e. The van der Waals surface area contributed by atoms with Gasteiger partial charge in [0, 0.05) is 18.5 Å². The van der Waals surface area contributed by atoms with Gasteiger partial charge in [0.2, 0.25) is 0 Å². The first-order valence-electron chi connectivity index (χ1n) is 8.64. The Morgan fingerprint density at radius 3 is 2.22 bits per heavy atom. The average Bonchev–Trinajstić information content (AvgIpc) is 3.40. The third-order valence-electron chi connectivity index (χ3n) is 5.06. The molecule has 116 valence electrons. The molecule has 0 saturated heterocycles. The summed E-state index contributed by atoms with van der Waals surface area (Å²) in [6, 6.07) is 24.9. The van der Waals surface area contributed by atoms with Gasteiger partial charge in [0.15, 0.2) is 0 Å². The molecule has 4 rings (SSSR count). The number of hydrogen-bond donors (Lipinski definition) is 1. The quantitative estimate of drug-likeness (QED) is 0.695. The van der Waals surface area contributed by atoms with E-state index in [1.807, 2.05) is 0 Å². The Labute approximate surface area is 138 Å². The molecule has 1 heteroatoms. The van der Waals surface area contributed by atoms with Crippen LogP contribution in [0.2, 0.25) is 0 Å². The lowest BCUT2D eigenvalue weighted by atomic mass is 9.98. The second kappa shape index (κ2) is 6.17. The Bertz CT molecular complexity index is 807. The summed E-state index contributed by atoms with van der Waals surface area (Å²) in [5, 5.41) is 6.56. The van der Waals surface area contributed by atoms with Crippen molar-refractivity contribution in [3.05, 3.63) is 83.4 Å². The molecular formula is C22H23N. The van der Waals surface area contributed by atoms with Gasteiger partial charge >= 0.3 is 0 Å². The lowest BCUT2D eigenvalue weighted by Crippen LogP contribution is -2.17. The van der Waals surface area contributed by atoms with E-state index in [1.165, 1.54) is 33.9 Å². The molecule has 0 radical (unpaired) electrons. The van der Waals surface area contributed by atoms with E-state index < -0.39 is 0 Å². The first kappa shape index (κ1) is 14.5. The molecule has 1 fully saturated rings. The van der Waals surface area contributed by atoms with Gasteiger partial charge < -0.3 is 5.32 Å². The maximum atomic E-state index is 3.75. The van der Waals surface area contributed by atoms with Crippen LogP contribution in [0.4, 0.5) is 0 Å². The minimum atomic E-state index is 0.627. The molecule has 23 heavy (non-hydrogen) atoms. The normalized spacial score (nSPS) is 19.9. The maximum absolute atomic E-state index is 3.75. The zero-order valence-corrected chi connectivity index (χ0v) is 13.6. The van der Waals surface area contributed by atoms with Crippen LogP contribution in [0, 0.1) is 0 Å². The van der Waals surface area contributed by atoms with Crippen molar-refractivity contribution in [2.45, 2.75) is 38.3 Å². The molecular weight excluding hydrogens is 278 g/mol. The molecule has 0 bridgehead atoms. The number of hydrogen-bond acceptors (Lipinski definition) is 1. The van der Waals surface area contributed by atoms with Crippen molar-refractivity contribution >= 4 is 10.8 Å². The Morgan fingerprint density at radius 1 is 0.826 bits per heavy atom. The van der Waals surface area contributed by atoms with Crippen molar-refractivity contribution in [1.29, 1.82) is 0 Å². The van der Waals surface area contributed by atoms with E-state index in [-0.39, 0.29) is 0 Å².